The van der Waals surface area contributed by atoms with Gasteiger partial charge in [0.15, 0.2) is 5.58 Å². The second-order valence-electron chi connectivity index (χ2n) is 4.30. The highest BCUT2D eigenvalue weighted by Crippen LogP contribution is 2.24. The summed E-state index contributed by atoms with van der Waals surface area (Å²) < 4.78 is 6.62. The van der Waals surface area contributed by atoms with E-state index in [1.54, 1.807) is 6.07 Å². The van der Waals surface area contributed by atoms with Crippen molar-refractivity contribution in [2.24, 2.45) is 0 Å². The molecule has 0 fully saturated rings. The predicted molar refractivity (Wildman–Crippen MR) is 70.2 cm³/mol. The number of fused-ring (bicyclic) bond motifs is 3. The molecule has 3 rings (SSSR count). The normalized spacial score (nSPS) is 11.2. The van der Waals surface area contributed by atoms with Crippen molar-refractivity contribution in [2.45, 2.75) is 13.0 Å². The van der Waals surface area contributed by atoms with Gasteiger partial charge in [0.2, 0.25) is 0 Å². The maximum absolute atomic E-state index is 11.8. The molecule has 0 saturated heterocycles. The van der Waals surface area contributed by atoms with E-state index in [1.165, 1.54) is 4.57 Å². The molecule has 0 unspecified atom stereocenters. The standard InChI is InChI=1S/C14H11NO4/c16-12(17)7-8-15-11-6-5-9-3-1-2-4-10(9)13(11)19-14(15)18/h1-6H,7-8H2,(H,16,17). The van der Waals surface area contributed by atoms with Gasteiger partial charge in [0.25, 0.3) is 0 Å². The highest BCUT2D eigenvalue weighted by atomic mass is 16.4. The lowest BCUT2D eigenvalue weighted by Gasteiger charge is -2.00. The van der Waals surface area contributed by atoms with E-state index in [-0.39, 0.29) is 13.0 Å². The number of nitrogens with zero attached hydrogens (tertiary/aromatic N) is 1. The van der Waals surface area contributed by atoms with Gasteiger partial charge in [-0.2, -0.15) is 0 Å². The summed E-state index contributed by atoms with van der Waals surface area (Å²) in [6.07, 6.45) is -0.110. The fraction of sp³-hybridized carbons (Fsp3) is 0.143. The minimum Gasteiger partial charge on any atom is -0.481 e. The third-order valence-corrected chi connectivity index (χ3v) is 3.11. The summed E-state index contributed by atoms with van der Waals surface area (Å²) in [6, 6.07) is 11.3. The minimum absolute atomic E-state index is 0.110. The van der Waals surface area contributed by atoms with Gasteiger partial charge in [-0.25, -0.2) is 4.79 Å². The monoisotopic (exact) mass is 257 g/mol. The lowest BCUT2D eigenvalue weighted by molar-refractivity contribution is -0.137. The number of carboxylic acid groups (broad SMARTS) is 1. The number of oxazole rings is 1. The molecule has 0 aliphatic heterocycles. The fourth-order valence-corrected chi connectivity index (χ4v) is 2.21. The Kier molecular flexibility index (Phi) is 2.59. The molecule has 0 saturated carbocycles. The van der Waals surface area contributed by atoms with Gasteiger partial charge >= 0.3 is 11.7 Å². The number of aromatic nitrogens is 1. The average molecular weight is 257 g/mol. The number of carbonyl (C=O) groups is 1. The van der Waals surface area contributed by atoms with Crippen LogP contribution in [0.2, 0.25) is 0 Å². The van der Waals surface area contributed by atoms with Gasteiger partial charge in [0.05, 0.1) is 11.9 Å². The number of hydrogen-bond donors (Lipinski definition) is 1. The van der Waals surface area contributed by atoms with Crippen LogP contribution in [0.1, 0.15) is 6.42 Å². The zero-order valence-corrected chi connectivity index (χ0v) is 10.00. The van der Waals surface area contributed by atoms with Gasteiger partial charge < -0.3 is 9.52 Å². The highest BCUT2D eigenvalue weighted by molar-refractivity contribution is 6.02. The van der Waals surface area contributed by atoms with Crippen molar-refractivity contribution in [3.63, 3.8) is 0 Å². The van der Waals surface area contributed by atoms with Crippen molar-refractivity contribution in [2.75, 3.05) is 0 Å². The molecule has 5 heteroatoms. The number of hydrogen-bond acceptors (Lipinski definition) is 3. The van der Waals surface area contributed by atoms with E-state index in [0.29, 0.717) is 11.1 Å². The Morgan fingerprint density at radius 2 is 2.00 bits per heavy atom. The first-order valence-corrected chi connectivity index (χ1v) is 5.90. The number of benzene rings is 2. The van der Waals surface area contributed by atoms with Crippen LogP contribution >= 0.6 is 0 Å². The van der Waals surface area contributed by atoms with Crippen LogP contribution in [0, 0.1) is 0 Å². The Hall–Kier alpha value is -2.56. The van der Waals surface area contributed by atoms with Crippen molar-refractivity contribution in [3.8, 4) is 0 Å². The maximum atomic E-state index is 11.8. The Morgan fingerprint density at radius 3 is 2.79 bits per heavy atom. The molecule has 19 heavy (non-hydrogen) atoms. The van der Waals surface area contributed by atoms with Crippen molar-refractivity contribution < 1.29 is 14.3 Å². The van der Waals surface area contributed by atoms with Crippen LogP contribution in [0.5, 0.6) is 0 Å². The molecule has 0 spiro atoms. The summed E-state index contributed by atoms with van der Waals surface area (Å²) in [5, 5.41) is 10.5. The van der Waals surface area contributed by atoms with Crippen molar-refractivity contribution in [1.82, 2.24) is 4.57 Å². The van der Waals surface area contributed by atoms with E-state index >= 15 is 0 Å². The summed E-state index contributed by atoms with van der Waals surface area (Å²) in [5.74, 6) is -1.46. The van der Waals surface area contributed by atoms with Crippen LogP contribution in [-0.4, -0.2) is 15.6 Å². The minimum atomic E-state index is -0.943. The predicted octanol–water partition coefficient (Wildman–Crippen LogP) is 2.22. The highest BCUT2D eigenvalue weighted by Gasteiger charge is 2.12. The average Bonchev–Trinajstić information content (AvgIpc) is 2.72. The molecule has 0 aliphatic carbocycles. The number of carboxylic acids is 1. The fourth-order valence-electron chi connectivity index (χ4n) is 2.21. The van der Waals surface area contributed by atoms with Crippen LogP contribution in [0.15, 0.2) is 45.6 Å². The zero-order valence-electron chi connectivity index (χ0n) is 10.00. The molecule has 0 aliphatic rings. The van der Waals surface area contributed by atoms with Crippen molar-refractivity contribution >= 4 is 27.8 Å². The van der Waals surface area contributed by atoms with Crippen LogP contribution in [0.4, 0.5) is 0 Å². The molecule has 1 heterocycles. The molecule has 0 radical (unpaired) electrons. The van der Waals surface area contributed by atoms with Crippen molar-refractivity contribution in [1.29, 1.82) is 0 Å². The molecule has 2 aromatic carbocycles. The lowest BCUT2D eigenvalue weighted by Crippen LogP contribution is -2.16. The van der Waals surface area contributed by atoms with E-state index < -0.39 is 11.7 Å². The van der Waals surface area contributed by atoms with Gasteiger partial charge in [0, 0.05) is 11.9 Å². The molecule has 5 nitrogen and oxygen atoms in total. The second kappa shape index (κ2) is 4.28. The van der Waals surface area contributed by atoms with E-state index in [2.05, 4.69) is 0 Å². The summed E-state index contributed by atoms with van der Waals surface area (Å²) >= 11 is 0. The summed E-state index contributed by atoms with van der Waals surface area (Å²) in [5.41, 5.74) is 1.14. The van der Waals surface area contributed by atoms with Crippen LogP contribution < -0.4 is 5.76 Å². The Balaban J connectivity index is 2.24. The van der Waals surface area contributed by atoms with Gasteiger partial charge in [-0.15, -0.1) is 0 Å². The summed E-state index contributed by atoms with van der Waals surface area (Å²) in [7, 11) is 0. The van der Waals surface area contributed by atoms with E-state index in [9.17, 15) is 9.59 Å². The number of rotatable bonds is 3. The van der Waals surface area contributed by atoms with E-state index in [0.717, 1.165) is 10.8 Å². The maximum Gasteiger partial charge on any atom is 0.419 e. The largest absolute Gasteiger partial charge is 0.481 e. The molecular formula is C14H11NO4. The SMILES string of the molecule is O=C(O)CCn1c(=O)oc2c3ccccc3ccc21. The van der Waals surface area contributed by atoms with Crippen LogP contribution in [-0.2, 0) is 11.3 Å². The topological polar surface area (TPSA) is 72.4 Å². The van der Waals surface area contributed by atoms with Gasteiger partial charge in [-0.3, -0.25) is 9.36 Å². The molecule has 0 bridgehead atoms. The summed E-state index contributed by atoms with van der Waals surface area (Å²) in [4.78, 5) is 22.4. The van der Waals surface area contributed by atoms with Crippen LogP contribution in [0.3, 0.4) is 0 Å². The smallest absolute Gasteiger partial charge is 0.419 e. The van der Waals surface area contributed by atoms with Crippen molar-refractivity contribution in [3.05, 3.63) is 46.9 Å². The summed E-state index contributed by atoms with van der Waals surface area (Å²) in [6.45, 7) is 0.111. The molecule has 96 valence electrons. The number of aryl methyl sites for hydroxylation is 1. The van der Waals surface area contributed by atoms with Crippen LogP contribution in [0.25, 0.3) is 21.9 Å². The van der Waals surface area contributed by atoms with Gasteiger partial charge in [-0.05, 0) is 11.5 Å². The van der Waals surface area contributed by atoms with E-state index in [4.69, 9.17) is 9.52 Å². The van der Waals surface area contributed by atoms with Gasteiger partial charge in [-0.1, -0.05) is 30.3 Å². The van der Waals surface area contributed by atoms with Gasteiger partial charge in [0.1, 0.15) is 0 Å². The first kappa shape index (κ1) is 11.5. The first-order chi connectivity index (χ1) is 9.16. The molecular weight excluding hydrogens is 246 g/mol. The lowest BCUT2D eigenvalue weighted by atomic mass is 10.1. The quantitative estimate of drug-likeness (QED) is 0.780. The molecule has 0 atom stereocenters. The number of aliphatic carboxylic acids is 1. The molecule has 1 N–H and O–H groups in total. The Labute approximate surface area is 107 Å². The Bertz CT molecular complexity index is 828. The molecule has 1 aromatic heterocycles. The zero-order chi connectivity index (χ0) is 13.4. The first-order valence-electron chi connectivity index (χ1n) is 5.90. The van der Waals surface area contributed by atoms with E-state index in [1.807, 2.05) is 30.3 Å². The Morgan fingerprint density at radius 1 is 1.21 bits per heavy atom. The third-order valence-electron chi connectivity index (χ3n) is 3.11. The second-order valence-corrected chi connectivity index (χ2v) is 4.30. The molecule has 3 aromatic rings. The third kappa shape index (κ3) is 1.89. The molecule has 0 amide bonds.